The van der Waals surface area contributed by atoms with Gasteiger partial charge in [-0.25, -0.2) is 0 Å². The Balaban J connectivity index is 3.36. The number of nitrogens with two attached hydrogens (primary N) is 1. The van der Waals surface area contributed by atoms with Crippen LogP contribution < -0.4 is 11.1 Å². The van der Waals surface area contributed by atoms with Crippen LogP contribution in [0, 0.1) is 0 Å². The van der Waals surface area contributed by atoms with Crippen LogP contribution in [0.25, 0.3) is 0 Å². The standard InChI is InChI=1S/C12H27N3O/c1-4-7-11(13)10-12(16)14-8-5-6-9-15(2)3/h11H,4-10,13H2,1-3H3,(H,14,16). The van der Waals surface area contributed by atoms with Gasteiger partial charge in [-0.3, -0.25) is 4.79 Å². The van der Waals surface area contributed by atoms with E-state index in [1.807, 2.05) is 0 Å². The highest BCUT2D eigenvalue weighted by Gasteiger charge is 2.07. The fourth-order valence-corrected chi connectivity index (χ4v) is 1.56. The molecular weight excluding hydrogens is 202 g/mol. The number of nitrogens with zero attached hydrogens (tertiary/aromatic N) is 1. The zero-order valence-electron chi connectivity index (χ0n) is 11.0. The molecule has 0 aromatic carbocycles. The third-order valence-electron chi connectivity index (χ3n) is 2.46. The van der Waals surface area contributed by atoms with Gasteiger partial charge in [0.15, 0.2) is 0 Å². The van der Waals surface area contributed by atoms with Gasteiger partial charge in [0.1, 0.15) is 0 Å². The Kier molecular flexibility index (Phi) is 9.24. The van der Waals surface area contributed by atoms with E-state index in [1.54, 1.807) is 0 Å². The fraction of sp³-hybridized carbons (Fsp3) is 0.917. The van der Waals surface area contributed by atoms with Crippen molar-refractivity contribution < 1.29 is 4.79 Å². The third-order valence-corrected chi connectivity index (χ3v) is 2.46. The monoisotopic (exact) mass is 229 g/mol. The number of hydrogen-bond acceptors (Lipinski definition) is 3. The van der Waals surface area contributed by atoms with Crippen LogP contribution in [0.2, 0.25) is 0 Å². The predicted octanol–water partition coefficient (Wildman–Crippen LogP) is 0.962. The van der Waals surface area contributed by atoms with Gasteiger partial charge in [-0.05, 0) is 39.9 Å². The van der Waals surface area contributed by atoms with Crippen molar-refractivity contribution in [1.29, 1.82) is 0 Å². The molecule has 0 fully saturated rings. The molecule has 3 N–H and O–H groups in total. The summed E-state index contributed by atoms with van der Waals surface area (Å²) in [6.45, 7) is 3.93. The molecule has 1 unspecified atom stereocenters. The van der Waals surface area contributed by atoms with E-state index in [1.165, 1.54) is 0 Å². The predicted molar refractivity (Wildman–Crippen MR) is 68.3 cm³/mol. The number of amides is 1. The molecule has 0 spiro atoms. The van der Waals surface area contributed by atoms with E-state index in [0.717, 1.165) is 38.8 Å². The molecule has 0 saturated heterocycles. The smallest absolute Gasteiger partial charge is 0.221 e. The Hall–Kier alpha value is -0.610. The van der Waals surface area contributed by atoms with E-state index >= 15 is 0 Å². The molecule has 1 amide bonds. The number of unbranched alkanes of at least 4 members (excludes halogenated alkanes) is 1. The lowest BCUT2D eigenvalue weighted by Gasteiger charge is -2.11. The second-order valence-corrected chi connectivity index (χ2v) is 4.61. The summed E-state index contributed by atoms with van der Waals surface area (Å²) in [6.07, 6.45) is 4.58. The molecule has 0 aromatic heterocycles. The largest absolute Gasteiger partial charge is 0.356 e. The Morgan fingerprint density at radius 3 is 2.62 bits per heavy atom. The number of nitrogens with one attached hydrogen (secondary N) is 1. The summed E-state index contributed by atoms with van der Waals surface area (Å²) < 4.78 is 0. The van der Waals surface area contributed by atoms with Crippen LogP contribution in [0.1, 0.15) is 39.0 Å². The minimum absolute atomic E-state index is 0.0202. The topological polar surface area (TPSA) is 58.4 Å². The van der Waals surface area contributed by atoms with Crippen molar-refractivity contribution in [1.82, 2.24) is 10.2 Å². The van der Waals surface area contributed by atoms with Crippen molar-refractivity contribution in [3.05, 3.63) is 0 Å². The van der Waals surface area contributed by atoms with Crippen molar-refractivity contribution in [2.75, 3.05) is 27.2 Å². The van der Waals surface area contributed by atoms with Crippen LogP contribution in [-0.2, 0) is 4.79 Å². The molecule has 0 aliphatic heterocycles. The van der Waals surface area contributed by atoms with Crippen LogP contribution in [0.3, 0.4) is 0 Å². The maximum absolute atomic E-state index is 11.4. The summed E-state index contributed by atoms with van der Waals surface area (Å²) >= 11 is 0. The van der Waals surface area contributed by atoms with Gasteiger partial charge in [0.2, 0.25) is 5.91 Å². The molecule has 0 bridgehead atoms. The van der Waals surface area contributed by atoms with Crippen LogP contribution in [-0.4, -0.2) is 44.0 Å². The van der Waals surface area contributed by atoms with Gasteiger partial charge in [0, 0.05) is 19.0 Å². The van der Waals surface area contributed by atoms with Gasteiger partial charge in [0.05, 0.1) is 0 Å². The third kappa shape index (κ3) is 9.93. The molecule has 1 atom stereocenters. The SMILES string of the molecule is CCCC(N)CC(=O)NCCCCN(C)C. The quantitative estimate of drug-likeness (QED) is 0.579. The Bertz CT molecular complexity index is 183. The first kappa shape index (κ1) is 15.4. The van der Waals surface area contributed by atoms with Gasteiger partial charge in [-0.15, -0.1) is 0 Å². The van der Waals surface area contributed by atoms with E-state index in [2.05, 4.69) is 31.2 Å². The van der Waals surface area contributed by atoms with E-state index in [-0.39, 0.29) is 11.9 Å². The Morgan fingerprint density at radius 2 is 2.06 bits per heavy atom. The van der Waals surface area contributed by atoms with Gasteiger partial charge in [-0.2, -0.15) is 0 Å². The second kappa shape index (κ2) is 9.60. The lowest BCUT2D eigenvalue weighted by atomic mass is 10.1. The second-order valence-electron chi connectivity index (χ2n) is 4.61. The van der Waals surface area contributed by atoms with Gasteiger partial charge >= 0.3 is 0 Å². The number of rotatable bonds is 9. The van der Waals surface area contributed by atoms with Crippen molar-refractivity contribution in [2.24, 2.45) is 5.73 Å². The molecule has 0 aromatic rings. The van der Waals surface area contributed by atoms with Crippen LogP contribution in [0.5, 0.6) is 0 Å². The summed E-state index contributed by atoms with van der Waals surface area (Å²) in [7, 11) is 4.12. The summed E-state index contributed by atoms with van der Waals surface area (Å²) in [4.78, 5) is 13.6. The maximum Gasteiger partial charge on any atom is 0.221 e. The first-order valence-electron chi connectivity index (χ1n) is 6.23. The molecule has 4 nitrogen and oxygen atoms in total. The van der Waals surface area contributed by atoms with Crippen molar-refractivity contribution in [3.63, 3.8) is 0 Å². The number of carbonyl (C=O) groups is 1. The van der Waals surface area contributed by atoms with E-state index in [0.29, 0.717) is 6.42 Å². The molecule has 4 heteroatoms. The minimum Gasteiger partial charge on any atom is -0.356 e. The lowest BCUT2D eigenvalue weighted by molar-refractivity contribution is -0.121. The van der Waals surface area contributed by atoms with Crippen molar-refractivity contribution in [3.8, 4) is 0 Å². The molecule has 0 heterocycles. The highest BCUT2D eigenvalue weighted by atomic mass is 16.1. The van der Waals surface area contributed by atoms with E-state index in [9.17, 15) is 4.79 Å². The molecule has 0 aliphatic carbocycles. The van der Waals surface area contributed by atoms with Gasteiger partial charge in [0.25, 0.3) is 0 Å². The molecule has 16 heavy (non-hydrogen) atoms. The molecule has 0 rings (SSSR count). The fourth-order valence-electron chi connectivity index (χ4n) is 1.56. The number of hydrogen-bond donors (Lipinski definition) is 2. The molecular formula is C12H27N3O. The molecule has 96 valence electrons. The summed E-state index contributed by atoms with van der Waals surface area (Å²) in [5, 5.41) is 2.91. The van der Waals surface area contributed by atoms with E-state index < -0.39 is 0 Å². The summed E-state index contributed by atoms with van der Waals surface area (Å²) in [5.74, 6) is 0.0887. The highest BCUT2D eigenvalue weighted by molar-refractivity contribution is 5.76. The minimum atomic E-state index is 0.0202. The van der Waals surface area contributed by atoms with Crippen molar-refractivity contribution in [2.45, 2.75) is 45.1 Å². The zero-order valence-corrected chi connectivity index (χ0v) is 11.0. The first-order valence-corrected chi connectivity index (χ1v) is 6.23. The maximum atomic E-state index is 11.4. The summed E-state index contributed by atoms with van der Waals surface area (Å²) in [5.41, 5.74) is 5.79. The first-order chi connectivity index (χ1) is 7.56. The Morgan fingerprint density at radius 1 is 1.38 bits per heavy atom. The normalized spacial score (nSPS) is 12.8. The highest BCUT2D eigenvalue weighted by Crippen LogP contribution is 1.98. The Labute approximate surface area is 99.6 Å². The van der Waals surface area contributed by atoms with Crippen LogP contribution in [0.4, 0.5) is 0 Å². The lowest BCUT2D eigenvalue weighted by Crippen LogP contribution is -2.32. The zero-order chi connectivity index (χ0) is 12.4. The van der Waals surface area contributed by atoms with E-state index in [4.69, 9.17) is 5.73 Å². The average Bonchev–Trinajstić information content (AvgIpc) is 2.16. The van der Waals surface area contributed by atoms with Gasteiger partial charge in [-0.1, -0.05) is 13.3 Å². The van der Waals surface area contributed by atoms with Crippen molar-refractivity contribution >= 4 is 5.91 Å². The van der Waals surface area contributed by atoms with Gasteiger partial charge < -0.3 is 16.0 Å². The number of carbonyl (C=O) groups excluding carboxylic acids is 1. The average molecular weight is 229 g/mol. The molecule has 0 saturated carbocycles. The van der Waals surface area contributed by atoms with Crippen LogP contribution >= 0.6 is 0 Å². The summed E-state index contributed by atoms with van der Waals surface area (Å²) in [6, 6.07) is 0.0202. The molecule has 0 radical (unpaired) electrons. The van der Waals surface area contributed by atoms with Crippen LogP contribution in [0.15, 0.2) is 0 Å². The molecule has 0 aliphatic rings.